The molecule has 2 aliphatic heterocycles. The number of esters is 1. The summed E-state index contributed by atoms with van der Waals surface area (Å²) in [6.07, 6.45) is -8.21. The van der Waals surface area contributed by atoms with Gasteiger partial charge >= 0.3 is 5.97 Å². The molecule has 2 saturated heterocycles. The highest BCUT2D eigenvalue weighted by Crippen LogP contribution is 2.45. The van der Waals surface area contributed by atoms with E-state index in [2.05, 4.69) is 0 Å². The third-order valence-corrected chi connectivity index (χ3v) is 9.55. The van der Waals surface area contributed by atoms with Crippen molar-refractivity contribution in [2.45, 2.75) is 48.7 Å². The first-order chi connectivity index (χ1) is 27.7. The fraction of sp³-hybridized carbons (Fsp3) is 0.385. The van der Waals surface area contributed by atoms with Gasteiger partial charge < -0.3 is 82.8 Å². The van der Waals surface area contributed by atoms with E-state index in [4.69, 9.17) is 47.0 Å². The van der Waals surface area contributed by atoms with Gasteiger partial charge in [0, 0.05) is 23.8 Å². The van der Waals surface area contributed by atoms with Gasteiger partial charge in [-0.3, -0.25) is 4.79 Å². The summed E-state index contributed by atoms with van der Waals surface area (Å²) in [5.74, 6) is -1.14. The maximum absolute atomic E-state index is 13.9. The molecule has 2 fully saturated rings. The number of fused-ring (bicyclic) bond motifs is 1. The summed E-state index contributed by atoms with van der Waals surface area (Å²) in [6.45, 7) is -1.75. The predicted molar refractivity (Wildman–Crippen MR) is 198 cm³/mol. The zero-order valence-electron chi connectivity index (χ0n) is 31.5. The molecule has 2 aliphatic rings. The molecule has 19 heteroatoms. The third-order valence-electron chi connectivity index (χ3n) is 9.55. The number of hydrogen-bond donors (Lipinski definition) is 7. The second-order valence-electron chi connectivity index (χ2n) is 13.2. The van der Waals surface area contributed by atoms with E-state index in [1.807, 2.05) is 0 Å². The SMILES string of the molecule is COc1cc(O)c(-c2coc3cc(OC4OC(COC5OCC(O)(COC(=O)C=Cc6ccc(O)cc6)C5O)C(O)C(O)C4O)c(OC)c(OC)c3c2=O)cc1OC. The van der Waals surface area contributed by atoms with Crippen LogP contribution in [0.5, 0.6) is 40.2 Å². The number of rotatable bonds is 14. The summed E-state index contributed by atoms with van der Waals surface area (Å²) in [5.41, 5.74) is -2.21. The molecule has 0 saturated carbocycles. The van der Waals surface area contributed by atoms with Crippen molar-refractivity contribution in [1.82, 2.24) is 0 Å². The fourth-order valence-electron chi connectivity index (χ4n) is 6.34. The lowest BCUT2D eigenvalue weighted by atomic mass is 9.99. The molecule has 4 aromatic rings. The topological polar surface area (TPSA) is 272 Å². The summed E-state index contributed by atoms with van der Waals surface area (Å²) >= 11 is 0. The monoisotopic (exact) mass is 814 g/mol. The Labute approximate surface area is 329 Å². The Balaban J connectivity index is 1.16. The van der Waals surface area contributed by atoms with Crippen molar-refractivity contribution in [2.75, 3.05) is 48.3 Å². The lowest BCUT2D eigenvalue weighted by Crippen LogP contribution is -2.60. The second kappa shape index (κ2) is 17.5. The molecule has 8 atom stereocenters. The van der Waals surface area contributed by atoms with Crippen molar-refractivity contribution in [2.24, 2.45) is 0 Å². The molecule has 7 N–H and O–H groups in total. The number of benzene rings is 3. The molecule has 0 radical (unpaired) electrons. The average Bonchev–Trinajstić information content (AvgIpc) is 3.51. The van der Waals surface area contributed by atoms with Crippen LogP contribution in [-0.4, -0.2) is 139 Å². The molecule has 8 unspecified atom stereocenters. The van der Waals surface area contributed by atoms with Gasteiger partial charge in [0.1, 0.15) is 65.9 Å². The van der Waals surface area contributed by atoms with E-state index < -0.39 is 79.9 Å². The van der Waals surface area contributed by atoms with Gasteiger partial charge in [0.05, 0.1) is 47.2 Å². The first-order valence-corrected chi connectivity index (χ1v) is 17.5. The van der Waals surface area contributed by atoms with Crippen LogP contribution in [0.4, 0.5) is 0 Å². The minimum Gasteiger partial charge on any atom is -0.508 e. The van der Waals surface area contributed by atoms with E-state index >= 15 is 0 Å². The molecule has 0 spiro atoms. The summed E-state index contributed by atoms with van der Waals surface area (Å²) in [5, 5.41) is 74.2. The molecule has 19 nitrogen and oxygen atoms in total. The Morgan fingerprint density at radius 1 is 0.845 bits per heavy atom. The van der Waals surface area contributed by atoms with E-state index in [9.17, 15) is 45.3 Å². The van der Waals surface area contributed by atoms with Crippen molar-refractivity contribution in [3.8, 4) is 51.4 Å². The van der Waals surface area contributed by atoms with Gasteiger partial charge in [-0.1, -0.05) is 12.1 Å². The van der Waals surface area contributed by atoms with Crippen molar-refractivity contribution in [1.29, 1.82) is 0 Å². The number of carbonyl (C=O) groups is 1. The molecular weight excluding hydrogens is 772 g/mol. The number of aliphatic hydroxyl groups is 5. The Morgan fingerprint density at radius 2 is 1.53 bits per heavy atom. The molecule has 6 rings (SSSR count). The van der Waals surface area contributed by atoms with Crippen LogP contribution in [0.2, 0.25) is 0 Å². The van der Waals surface area contributed by atoms with Crippen LogP contribution < -0.4 is 29.1 Å². The van der Waals surface area contributed by atoms with Crippen molar-refractivity contribution < 1.29 is 87.6 Å². The molecular formula is C39H42O19. The number of carbonyl (C=O) groups excluding carboxylic acids is 1. The zero-order chi connectivity index (χ0) is 41.9. The first kappa shape index (κ1) is 42.0. The number of aromatic hydroxyl groups is 2. The highest BCUT2D eigenvalue weighted by Gasteiger charge is 2.51. The van der Waals surface area contributed by atoms with Crippen LogP contribution in [0, 0.1) is 0 Å². The number of aliphatic hydroxyl groups excluding tert-OH is 4. The molecule has 58 heavy (non-hydrogen) atoms. The molecule has 3 heterocycles. The van der Waals surface area contributed by atoms with Gasteiger partial charge in [-0.15, -0.1) is 0 Å². The van der Waals surface area contributed by atoms with Crippen LogP contribution in [0.1, 0.15) is 5.56 Å². The Morgan fingerprint density at radius 3 is 2.21 bits per heavy atom. The first-order valence-electron chi connectivity index (χ1n) is 17.5. The van der Waals surface area contributed by atoms with Crippen molar-refractivity contribution >= 4 is 23.0 Å². The van der Waals surface area contributed by atoms with Crippen molar-refractivity contribution in [3.63, 3.8) is 0 Å². The van der Waals surface area contributed by atoms with Gasteiger partial charge in [0.15, 0.2) is 34.9 Å². The standard InChI is InChI=1S/C39H42O19/c1-49-23-11-20(22(41)12-24(23)50-2)21-14-53-25-13-26(34(51-3)35(52-4)29(25)30(21)43)57-37-33(46)32(45)31(44)27(58-37)15-54-38-36(47)39(48,17-56-38)16-55-28(42)10-7-18-5-8-19(40)9-6-18/h5-14,27,31-33,36-38,40-41,44-48H,15-17H2,1-4H3. The largest absolute Gasteiger partial charge is 0.508 e. The smallest absolute Gasteiger partial charge is 0.330 e. The van der Waals surface area contributed by atoms with Gasteiger partial charge in [-0.05, 0) is 29.8 Å². The lowest BCUT2D eigenvalue weighted by Gasteiger charge is -2.40. The van der Waals surface area contributed by atoms with Crippen LogP contribution >= 0.6 is 0 Å². The van der Waals surface area contributed by atoms with E-state index in [1.165, 1.54) is 64.8 Å². The summed E-state index contributed by atoms with van der Waals surface area (Å²) < 4.78 is 55.2. The molecule has 312 valence electrons. The minimum atomic E-state index is -2.08. The number of phenols is 2. The highest BCUT2D eigenvalue weighted by atomic mass is 16.7. The highest BCUT2D eigenvalue weighted by molar-refractivity contribution is 5.92. The van der Waals surface area contributed by atoms with E-state index in [0.29, 0.717) is 5.56 Å². The van der Waals surface area contributed by atoms with Crippen LogP contribution in [0.15, 0.2) is 64.0 Å². The molecule has 0 amide bonds. The number of ether oxygens (including phenoxy) is 9. The quantitative estimate of drug-likeness (QED) is 0.0686. The number of methoxy groups -OCH3 is 4. The van der Waals surface area contributed by atoms with E-state index in [0.717, 1.165) is 12.3 Å². The summed E-state index contributed by atoms with van der Waals surface area (Å²) in [6, 6.07) is 9.91. The van der Waals surface area contributed by atoms with Crippen molar-refractivity contribution in [3.05, 3.63) is 70.6 Å². The van der Waals surface area contributed by atoms with Crippen LogP contribution in [0.25, 0.3) is 28.2 Å². The molecule has 0 aliphatic carbocycles. The average molecular weight is 815 g/mol. The van der Waals surface area contributed by atoms with Gasteiger partial charge in [0.2, 0.25) is 17.5 Å². The van der Waals surface area contributed by atoms with Gasteiger partial charge in [0.25, 0.3) is 0 Å². The summed E-state index contributed by atoms with van der Waals surface area (Å²) in [7, 11) is 5.27. The zero-order valence-corrected chi connectivity index (χ0v) is 31.5. The second-order valence-corrected chi connectivity index (χ2v) is 13.2. The summed E-state index contributed by atoms with van der Waals surface area (Å²) in [4.78, 5) is 26.2. The Hall–Kier alpha value is -5.64. The maximum Gasteiger partial charge on any atom is 0.330 e. The number of hydrogen-bond acceptors (Lipinski definition) is 19. The van der Waals surface area contributed by atoms with E-state index in [-0.39, 0.29) is 62.3 Å². The predicted octanol–water partition coefficient (Wildman–Crippen LogP) is 0.813. The lowest BCUT2D eigenvalue weighted by molar-refractivity contribution is -0.289. The minimum absolute atomic E-state index is 0.0490. The molecule has 0 bridgehead atoms. The van der Waals surface area contributed by atoms with Gasteiger partial charge in [-0.2, -0.15) is 0 Å². The molecule has 3 aromatic carbocycles. The fourth-order valence-corrected chi connectivity index (χ4v) is 6.34. The number of phenolic OH excluding ortho intramolecular Hbond substituents is 2. The van der Waals surface area contributed by atoms with Gasteiger partial charge in [-0.25, -0.2) is 4.79 Å². The Bertz CT molecular complexity index is 2180. The van der Waals surface area contributed by atoms with Crippen LogP contribution in [-0.2, 0) is 23.7 Å². The third kappa shape index (κ3) is 8.33. The van der Waals surface area contributed by atoms with Crippen LogP contribution in [0.3, 0.4) is 0 Å². The normalized spacial score (nSPS) is 25.8. The van der Waals surface area contributed by atoms with E-state index in [1.54, 1.807) is 12.1 Å². The maximum atomic E-state index is 13.9. The Kier molecular flexibility index (Phi) is 12.6. The molecule has 1 aromatic heterocycles.